The van der Waals surface area contributed by atoms with E-state index in [2.05, 4.69) is 30.9 Å². The molecule has 2 N–H and O–H groups in total. The van der Waals surface area contributed by atoms with Crippen LogP contribution in [0.5, 0.6) is 0 Å². The maximum Gasteiger partial charge on any atom is 0.280 e. The van der Waals surface area contributed by atoms with Crippen LogP contribution in [-0.2, 0) is 7.05 Å². The molecule has 0 bridgehead atoms. The van der Waals surface area contributed by atoms with Crippen molar-refractivity contribution in [3.8, 4) is 11.3 Å². The van der Waals surface area contributed by atoms with E-state index in [1.165, 1.54) is 0 Å². The molecule has 1 saturated heterocycles. The standard InChI is InChI=1S/C17H19N7O2/c1-24-17(20-15(22-24)11-4-7-18-8-5-11)21-16(25)13-9-14(26-23-13)12-3-2-6-19-10-12/h2-3,6,9-11,18H,4-5,7-8H2,1H3,(H,20,21,22,25). The van der Waals surface area contributed by atoms with Crippen LogP contribution < -0.4 is 10.6 Å². The van der Waals surface area contributed by atoms with Gasteiger partial charge in [0.25, 0.3) is 5.91 Å². The fourth-order valence-corrected chi connectivity index (χ4v) is 2.96. The number of aromatic nitrogens is 5. The maximum absolute atomic E-state index is 12.5. The van der Waals surface area contributed by atoms with Crippen molar-refractivity contribution in [1.29, 1.82) is 0 Å². The third kappa shape index (κ3) is 3.33. The number of rotatable bonds is 4. The van der Waals surface area contributed by atoms with Crippen molar-refractivity contribution in [1.82, 2.24) is 30.2 Å². The van der Waals surface area contributed by atoms with E-state index >= 15 is 0 Å². The lowest BCUT2D eigenvalue weighted by Crippen LogP contribution is -2.27. The molecule has 0 aliphatic carbocycles. The summed E-state index contributed by atoms with van der Waals surface area (Å²) >= 11 is 0. The second-order valence-electron chi connectivity index (χ2n) is 6.21. The highest BCUT2D eigenvalue weighted by atomic mass is 16.5. The van der Waals surface area contributed by atoms with Crippen molar-refractivity contribution in [2.45, 2.75) is 18.8 Å². The quantitative estimate of drug-likeness (QED) is 0.732. The molecule has 1 aliphatic rings. The predicted molar refractivity (Wildman–Crippen MR) is 93.5 cm³/mol. The van der Waals surface area contributed by atoms with Crippen molar-refractivity contribution in [3.63, 3.8) is 0 Å². The van der Waals surface area contributed by atoms with Crippen LogP contribution in [0.4, 0.5) is 5.95 Å². The first-order chi connectivity index (χ1) is 12.7. The van der Waals surface area contributed by atoms with Gasteiger partial charge in [-0.25, -0.2) is 4.68 Å². The van der Waals surface area contributed by atoms with Crippen LogP contribution in [0.1, 0.15) is 35.1 Å². The van der Waals surface area contributed by atoms with Crippen molar-refractivity contribution >= 4 is 11.9 Å². The van der Waals surface area contributed by atoms with Crippen LogP contribution in [0.2, 0.25) is 0 Å². The summed E-state index contributed by atoms with van der Waals surface area (Å²) in [6.07, 6.45) is 5.31. The third-order valence-electron chi connectivity index (χ3n) is 4.40. The summed E-state index contributed by atoms with van der Waals surface area (Å²) in [6, 6.07) is 5.21. The molecule has 0 saturated carbocycles. The lowest BCUT2D eigenvalue weighted by molar-refractivity contribution is 0.101. The molecule has 4 rings (SSSR count). The molecule has 1 amide bonds. The number of hydrogen-bond acceptors (Lipinski definition) is 7. The Labute approximate surface area is 149 Å². The van der Waals surface area contributed by atoms with Gasteiger partial charge in [-0.3, -0.25) is 15.1 Å². The second kappa shape index (κ2) is 7.04. The van der Waals surface area contributed by atoms with Gasteiger partial charge in [0.05, 0.1) is 0 Å². The van der Waals surface area contributed by atoms with E-state index in [1.807, 2.05) is 6.07 Å². The minimum absolute atomic E-state index is 0.176. The molecule has 3 aromatic heterocycles. The molecular weight excluding hydrogens is 334 g/mol. The monoisotopic (exact) mass is 353 g/mol. The van der Waals surface area contributed by atoms with Crippen LogP contribution in [0.25, 0.3) is 11.3 Å². The summed E-state index contributed by atoms with van der Waals surface area (Å²) in [7, 11) is 1.76. The zero-order chi connectivity index (χ0) is 17.9. The third-order valence-corrected chi connectivity index (χ3v) is 4.40. The van der Waals surface area contributed by atoms with Gasteiger partial charge >= 0.3 is 0 Å². The number of amides is 1. The summed E-state index contributed by atoms with van der Waals surface area (Å²) in [6.45, 7) is 1.92. The van der Waals surface area contributed by atoms with Gasteiger partial charge in [0, 0.05) is 37.0 Å². The fraction of sp³-hybridized carbons (Fsp3) is 0.353. The molecule has 1 aliphatic heterocycles. The van der Waals surface area contributed by atoms with E-state index < -0.39 is 5.91 Å². The van der Waals surface area contributed by atoms with E-state index in [9.17, 15) is 4.79 Å². The Bertz CT molecular complexity index is 897. The van der Waals surface area contributed by atoms with Crippen LogP contribution in [0, 0.1) is 0 Å². The molecule has 0 aromatic carbocycles. The number of pyridine rings is 1. The van der Waals surface area contributed by atoms with Gasteiger partial charge in [-0.2, -0.15) is 10.1 Å². The first-order valence-electron chi connectivity index (χ1n) is 8.51. The van der Waals surface area contributed by atoms with E-state index in [1.54, 1.807) is 36.3 Å². The Balaban J connectivity index is 1.48. The number of carbonyl (C=O) groups excluding carboxylic acids is 1. The summed E-state index contributed by atoms with van der Waals surface area (Å²) < 4.78 is 6.82. The largest absolute Gasteiger partial charge is 0.355 e. The molecule has 0 unspecified atom stereocenters. The first-order valence-corrected chi connectivity index (χ1v) is 8.51. The summed E-state index contributed by atoms with van der Waals surface area (Å²) in [5.41, 5.74) is 0.932. The highest BCUT2D eigenvalue weighted by Gasteiger charge is 2.22. The summed E-state index contributed by atoms with van der Waals surface area (Å²) in [5.74, 6) is 1.57. The maximum atomic E-state index is 12.5. The number of anilines is 1. The number of nitrogens with zero attached hydrogens (tertiary/aromatic N) is 5. The van der Waals surface area contributed by atoms with Crippen LogP contribution >= 0.6 is 0 Å². The van der Waals surface area contributed by atoms with E-state index in [4.69, 9.17) is 4.52 Å². The van der Waals surface area contributed by atoms with Gasteiger partial charge < -0.3 is 9.84 Å². The van der Waals surface area contributed by atoms with Crippen LogP contribution in [0.3, 0.4) is 0 Å². The van der Waals surface area contributed by atoms with E-state index in [-0.39, 0.29) is 5.69 Å². The number of carbonyl (C=O) groups is 1. The van der Waals surface area contributed by atoms with Crippen molar-refractivity contribution in [2.24, 2.45) is 7.05 Å². The number of aryl methyl sites for hydroxylation is 1. The molecule has 1 fully saturated rings. The highest BCUT2D eigenvalue weighted by Crippen LogP contribution is 2.24. The smallest absolute Gasteiger partial charge is 0.280 e. The Kier molecular flexibility index (Phi) is 4.44. The molecular formula is C17H19N7O2. The van der Waals surface area contributed by atoms with E-state index in [0.717, 1.165) is 37.3 Å². The van der Waals surface area contributed by atoms with E-state index in [0.29, 0.717) is 17.6 Å². The lowest BCUT2D eigenvalue weighted by atomic mass is 9.98. The summed E-state index contributed by atoms with van der Waals surface area (Å²) in [4.78, 5) is 21.0. The number of hydrogen-bond donors (Lipinski definition) is 2. The molecule has 3 aromatic rings. The van der Waals surface area contributed by atoms with Gasteiger partial charge in [0.15, 0.2) is 17.3 Å². The lowest BCUT2D eigenvalue weighted by Gasteiger charge is -2.19. The molecule has 26 heavy (non-hydrogen) atoms. The van der Waals surface area contributed by atoms with Gasteiger partial charge in [-0.05, 0) is 38.1 Å². The zero-order valence-corrected chi connectivity index (χ0v) is 14.3. The number of piperidine rings is 1. The fourth-order valence-electron chi connectivity index (χ4n) is 2.96. The minimum atomic E-state index is -0.392. The van der Waals surface area contributed by atoms with Gasteiger partial charge in [0.1, 0.15) is 0 Å². The molecule has 0 spiro atoms. The van der Waals surface area contributed by atoms with Crippen molar-refractivity contribution in [2.75, 3.05) is 18.4 Å². The highest BCUT2D eigenvalue weighted by molar-refractivity contribution is 6.02. The Morgan fingerprint density at radius 2 is 2.23 bits per heavy atom. The summed E-state index contributed by atoms with van der Waals surface area (Å²) in [5, 5.41) is 14.3. The molecule has 0 radical (unpaired) electrons. The second-order valence-corrected chi connectivity index (χ2v) is 6.21. The van der Waals surface area contributed by atoms with Gasteiger partial charge in [-0.15, -0.1) is 0 Å². The minimum Gasteiger partial charge on any atom is -0.355 e. The SMILES string of the molecule is Cn1nc(C2CCNCC2)nc1NC(=O)c1cc(-c2cccnc2)on1. The molecule has 0 atom stereocenters. The normalized spacial score (nSPS) is 15.1. The zero-order valence-electron chi connectivity index (χ0n) is 14.3. The van der Waals surface area contributed by atoms with Crippen molar-refractivity contribution < 1.29 is 9.32 Å². The first kappa shape index (κ1) is 16.4. The Hall–Kier alpha value is -3.07. The van der Waals surface area contributed by atoms with Crippen molar-refractivity contribution in [3.05, 3.63) is 42.1 Å². The Morgan fingerprint density at radius 1 is 1.38 bits per heavy atom. The molecule has 4 heterocycles. The Morgan fingerprint density at radius 3 is 3.00 bits per heavy atom. The predicted octanol–water partition coefficient (Wildman–Crippen LogP) is 1.58. The molecule has 9 nitrogen and oxygen atoms in total. The molecule has 9 heteroatoms. The van der Waals surface area contributed by atoms with Gasteiger partial charge in [-0.1, -0.05) is 5.16 Å². The average Bonchev–Trinajstić information content (AvgIpc) is 3.31. The van der Waals surface area contributed by atoms with Gasteiger partial charge in [0.2, 0.25) is 5.95 Å². The topological polar surface area (TPSA) is 111 Å². The average molecular weight is 353 g/mol. The van der Waals surface area contributed by atoms with Crippen LogP contribution in [0.15, 0.2) is 35.1 Å². The molecule has 134 valence electrons. The van der Waals surface area contributed by atoms with Crippen LogP contribution in [-0.4, -0.2) is 43.9 Å². The number of nitrogens with one attached hydrogen (secondary N) is 2.